The lowest BCUT2D eigenvalue weighted by atomic mass is 10.2. The van der Waals surface area contributed by atoms with E-state index < -0.39 is 11.9 Å². The highest BCUT2D eigenvalue weighted by atomic mass is 127. The summed E-state index contributed by atoms with van der Waals surface area (Å²) in [6.07, 6.45) is 1.47. The summed E-state index contributed by atoms with van der Waals surface area (Å²) >= 11 is 7.63. The minimum absolute atomic E-state index is 0.155. The highest BCUT2D eigenvalue weighted by molar-refractivity contribution is 14.1. The van der Waals surface area contributed by atoms with Gasteiger partial charge in [0.25, 0.3) is 0 Å². The molecule has 0 atom stereocenters. The van der Waals surface area contributed by atoms with Crippen LogP contribution in [0.2, 0.25) is 0 Å². The Kier molecular flexibility index (Phi) is 8.16. The Morgan fingerprint density at radius 3 is 2.65 bits per heavy atom. The zero-order valence-corrected chi connectivity index (χ0v) is 22.1. The number of carbonyl (C=O) groups is 2. The smallest absolute Gasteiger partial charge is 0.343 e. The van der Waals surface area contributed by atoms with Crippen LogP contribution in [0.4, 0.5) is 0 Å². The normalized spacial score (nSPS) is 11.0. The molecule has 31 heavy (non-hydrogen) atoms. The van der Waals surface area contributed by atoms with Crippen molar-refractivity contribution >= 4 is 90.2 Å². The Labute approximate surface area is 213 Å². The molecule has 0 radical (unpaired) electrons. The van der Waals surface area contributed by atoms with Crippen LogP contribution < -0.4 is 14.9 Å². The predicted molar refractivity (Wildman–Crippen MR) is 135 cm³/mol. The van der Waals surface area contributed by atoms with E-state index in [2.05, 4.69) is 76.4 Å². The van der Waals surface area contributed by atoms with Gasteiger partial charge < -0.3 is 18.6 Å². The molecule has 8 nitrogen and oxygen atoms in total. The van der Waals surface area contributed by atoms with Gasteiger partial charge in [0.1, 0.15) is 5.58 Å². The van der Waals surface area contributed by atoms with Gasteiger partial charge in [-0.05, 0) is 81.1 Å². The molecule has 3 rings (SSSR count). The van der Waals surface area contributed by atoms with Crippen LogP contribution in [0.25, 0.3) is 11.0 Å². The van der Waals surface area contributed by atoms with Gasteiger partial charge in [-0.2, -0.15) is 5.10 Å². The van der Waals surface area contributed by atoms with Crippen molar-refractivity contribution in [2.45, 2.75) is 0 Å². The number of furan rings is 1. The van der Waals surface area contributed by atoms with E-state index in [4.69, 9.17) is 13.9 Å². The fraction of sp³-hybridized carbons (Fsp3) is 0.150. The Balaban J connectivity index is 1.73. The highest BCUT2D eigenvalue weighted by Gasteiger charge is 2.15. The third-order valence-corrected chi connectivity index (χ3v) is 6.01. The van der Waals surface area contributed by atoms with Crippen LogP contribution in [-0.4, -0.2) is 38.9 Å². The molecule has 2 aromatic carbocycles. The Morgan fingerprint density at radius 2 is 1.94 bits per heavy atom. The second kappa shape index (κ2) is 10.6. The van der Waals surface area contributed by atoms with E-state index in [1.54, 1.807) is 18.2 Å². The summed E-state index contributed by atoms with van der Waals surface area (Å²) in [6, 6.07) is 8.88. The van der Waals surface area contributed by atoms with Gasteiger partial charge in [0.05, 0.1) is 27.6 Å². The lowest BCUT2D eigenvalue weighted by Crippen LogP contribution is -2.16. The van der Waals surface area contributed by atoms with E-state index in [1.807, 2.05) is 12.1 Å². The van der Waals surface area contributed by atoms with Crippen molar-refractivity contribution in [2.75, 3.05) is 20.8 Å². The third kappa shape index (κ3) is 5.88. The molecule has 11 heteroatoms. The molecule has 0 saturated heterocycles. The summed E-state index contributed by atoms with van der Waals surface area (Å²) in [5.74, 6) is 0.0125. The van der Waals surface area contributed by atoms with E-state index in [0.717, 1.165) is 13.4 Å². The molecule has 1 amide bonds. The SMILES string of the molecule is COC(=O)COc1c(I)cc(/C=N\NC(=O)c2cc3cc(Br)cc(I)c3o2)cc1OC. The van der Waals surface area contributed by atoms with Crippen LogP contribution in [0, 0.1) is 7.14 Å². The largest absolute Gasteiger partial charge is 0.493 e. The average Bonchev–Trinajstić information content (AvgIpc) is 3.16. The number of fused-ring (bicyclic) bond motifs is 1. The molecular weight excluding hydrogens is 698 g/mol. The van der Waals surface area contributed by atoms with Gasteiger partial charge in [-0.1, -0.05) is 15.9 Å². The number of ether oxygens (including phenoxy) is 3. The van der Waals surface area contributed by atoms with E-state index in [1.165, 1.54) is 20.4 Å². The topological polar surface area (TPSA) is 99.4 Å². The summed E-state index contributed by atoms with van der Waals surface area (Å²) < 4.78 is 23.5. The number of esters is 1. The van der Waals surface area contributed by atoms with Crippen molar-refractivity contribution in [3.05, 3.63) is 53.3 Å². The first-order chi connectivity index (χ1) is 14.8. The number of methoxy groups -OCH3 is 2. The van der Waals surface area contributed by atoms with Gasteiger partial charge in [-0.15, -0.1) is 0 Å². The number of benzene rings is 2. The van der Waals surface area contributed by atoms with Crippen LogP contribution in [0.1, 0.15) is 16.1 Å². The standard InChI is InChI=1S/C20H15BrI2N2O6/c1-28-15-4-10(3-13(22)19(15)30-9-17(26)29-2)8-24-25-20(27)16-6-11-5-12(21)7-14(23)18(11)31-16/h3-8H,9H2,1-2H3,(H,25,27)/b24-8-. The second-order valence-corrected chi connectivity index (χ2v) is 9.25. The van der Waals surface area contributed by atoms with Gasteiger partial charge in [-0.3, -0.25) is 4.79 Å². The number of hydrogen-bond acceptors (Lipinski definition) is 7. The molecule has 3 aromatic rings. The van der Waals surface area contributed by atoms with Gasteiger partial charge in [0.15, 0.2) is 23.9 Å². The molecule has 0 spiro atoms. The van der Waals surface area contributed by atoms with Crippen LogP contribution >= 0.6 is 61.1 Å². The van der Waals surface area contributed by atoms with E-state index in [0.29, 0.717) is 26.2 Å². The summed E-state index contributed by atoms with van der Waals surface area (Å²) in [5, 5.41) is 4.81. The zero-order valence-electron chi connectivity index (χ0n) is 16.2. The first kappa shape index (κ1) is 23.8. The van der Waals surface area contributed by atoms with Crippen molar-refractivity contribution in [3.63, 3.8) is 0 Å². The lowest BCUT2D eigenvalue weighted by Gasteiger charge is -2.12. The number of nitrogens with zero attached hydrogens (tertiary/aromatic N) is 1. The van der Waals surface area contributed by atoms with Crippen molar-refractivity contribution in [2.24, 2.45) is 5.10 Å². The third-order valence-electron chi connectivity index (χ3n) is 3.95. The van der Waals surface area contributed by atoms with Crippen molar-refractivity contribution in [1.82, 2.24) is 5.43 Å². The number of hydrazone groups is 1. The van der Waals surface area contributed by atoms with E-state index in [-0.39, 0.29) is 12.4 Å². The number of hydrogen-bond donors (Lipinski definition) is 1. The summed E-state index contributed by atoms with van der Waals surface area (Å²) in [5.41, 5.74) is 3.75. The van der Waals surface area contributed by atoms with Crippen molar-refractivity contribution < 1.29 is 28.2 Å². The van der Waals surface area contributed by atoms with Crippen LogP contribution in [-0.2, 0) is 9.53 Å². The van der Waals surface area contributed by atoms with Crippen LogP contribution in [0.5, 0.6) is 11.5 Å². The maximum absolute atomic E-state index is 12.4. The molecule has 0 aliphatic carbocycles. The number of amides is 1. The lowest BCUT2D eigenvalue weighted by molar-refractivity contribution is -0.142. The Hall–Kier alpha value is -1.87. The molecule has 0 aliphatic heterocycles. The number of halogens is 3. The molecule has 0 unspecified atom stereocenters. The fourth-order valence-corrected chi connectivity index (χ4v) is 4.99. The quantitative estimate of drug-likeness (QED) is 0.165. The maximum Gasteiger partial charge on any atom is 0.343 e. The second-order valence-electron chi connectivity index (χ2n) is 6.01. The predicted octanol–water partition coefficient (Wildman–Crippen LogP) is 4.73. The Morgan fingerprint density at radius 1 is 1.16 bits per heavy atom. The monoisotopic (exact) mass is 712 g/mol. The van der Waals surface area contributed by atoms with Crippen LogP contribution in [0.15, 0.2) is 44.3 Å². The zero-order chi connectivity index (χ0) is 22.5. The minimum Gasteiger partial charge on any atom is -0.493 e. The van der Waals surface area contributed by atoms with Gasteiger partial charge >= 0.3 is 11.9 Å². The molecule has 1 N–H and O–H groups in total. The van der Waals surface area contributed by atoms with Crippen LogP contribution in [0.3, 0.4) is 0 Å². The number of carbonyl (C=O) groups excluding carboxylic acids is 2. The molecule has 0 bridgehead atoms. The summed E-state index contributed by atoms with van der Waals surface area (Å²) in [7, 11) is 2.77. The molecule has 0 fully saturated rings. The molecule has 1 aromatic heterocycles. The van der Waals surface area contributed by atoms with Gasteiger partial charge in [-0.25, -0.2) is 10.2 Å². The first-order valence-corrected chi connectivity index (χ1v) is 11.6. The molecule has 162 valence electrons. The van der Waals surface area contributed by atoms with Crippen molar-refractivity contribution in [3.8, 4) is 11.5 Å². The number of nitrogens with one attached hydrogen (secondary N) is 1. The average molecular weight is 713 g/mol. The molecule has 0 aliphatic rings. The molecule has 1 heterocycles. The maximum atomic E-state index is 12.4. The molecule has 0 saturated carbocycles. The minimum atomic E-state index is -0.501. The fourth-order valence-electron chi connectivity index (χ4n) is 2.55. The highest BCUT2D eigenvalue weighted by Crippen LogP contribution is 2.33. The Bertz CT molecular complexity index is 1180. The van der Waals surface area contributed by atoms with Crippen molar-refractivity contribution in [1.29, 1.82) is 0 Å². The van der Waals surface area contributed by atoms with E-state index >= 15 is 0 Å². The van der Waals surface area contributed by atoms with E-state index in [9.17, 15) is 9.59 Å². The summed E-state index contributed by atoms with van der Waals surface area (Å²) in [6.45, 7) is -0.237. The number of rotatable bonds is 7. The summed E-state index contributed by atoms with van der Waals surface area (Å²) in [4.78, 5) is 23.7. The first-order valence-electron chi connectivity index (χ1n) is 8.61. The van der Waals surface area contributed by atoms with Gasteiger partial charge in [0.2, 0.25) is 0 Å². The van der Waals surface area contributed by atoms with Gasteiger partial charge in [0, 0.05) is 9.86 Å². The molecular formula is C20H15BrI2N2O6.